The van der Waals surface area contributed by atoms with Crippen LogP contribution in [-0.4, -0.2) is 12.6 Å². The summed E-state index contributed by atoms with van der Waals surface area (Å²) < 4.78 is 18.5. The second-order valence-electron chi connectivity index (χ2n) is 4.63. The molecule has 96 valence electrons. The van der Waals surface area contributed by atoms with Gasteiger partial charge in [0.15, 0.2) is 0 Å². The third-order valence-electron chi connectivity index (χ3n) is 3.31. The van der Waals surface area contributed by atoms with E-state index in [0.29, 0.717) is 12.5 Å². The van der Waals surface area contributed by atoms with Crippen molar-refractivity contribution < 1.29 is 9.13 Å². The van der Waals surface area contributed by atoms with Crippen LogP contribution >= 0.6 is 0 Å². The number of azide groups is 1. The third-order valence-corrected chi connectivity index (χ3v) is 3.31. The van der Waals surface area contributed by atoms with Gasteiger partial charge in [-0.15, -0.1) is 0 Å². The van der Waals surface area contributed by atoms with E-state index < -0.39 is 0 Å². The average molecular weight is 249 g/mol. The van der Waals surface area contributed by atoms with Gasteiger partial charge >= 0.3 is 0 Å². The number of ether oxygens (including phenoxy) is 1. The normalized spacial score (nSPS) is 23.2. The summed E-state index contributed by atoms with van der Waals surface area (Å²) in [5, 5.41) is 3.61. The van der Waals surface area contributed by atoms with Gasteiger partial charge in [-0.1, -0.05) is 5.11 Å². The highest BCUT2D eigenvalue weighted by atomic mass is 19.1. The maximum Gasteiger partial charge on any atom is 0.123 e. The second-order valence-corrected chi connectivity index (χ2v) is 4.63. The van der Waals surface area contributed by atoms with Gasteiger partial charge in [0, 0.05) is 11.5 Å². The fourth-order valence-electron chi connectivity index (χ4n) is 2.29. The topological polar surface area (TPSA) is 58.0 Å². The standard InChI is InChI=1S/C13H16FN3O/c14-11-3-7-13(8-4-11)18-12-5-1-10(2-6-12)9-16-17-15/h3-4,7-8,10,12H,1-2,5-6,9H2. The van der Waals surface area contributed by atoms with Crippen LogP contribution in [0.3, 0.4) is 0 Å². The minimum absolute atomic E-state index is 0.192. The van der Waals surface area contributed by atoms with Gasteiger partial charge in [-0.25, -0.2) is 4.39 Å². The van der Waals surface area contributed by atoms with E-state index in [-0.39, 0.29) is 11.9 Å². The molecule has 5 heteroatoms. The van der Waals surface area contributed by atoms with Crippen LogP contribution in [0.1, 0.15) is 25.7 Å². The summed E-state index contributed by atoms with van der Waals surface area (Å²) in [5.41, 5.74) is 8.27. The van der Waals surface area contributed by atoms with Crippen molar-refractivity contribution in [3.8, 4) is 5.75 Å². The van der Waals surface area contributed by atoms with E-state index in [0.717, 1.165) is 31.4 Å². The number of rotatable bonds is 4. The average Bonchev–Trinajstić information content (AvgIpc) is 2.41. The highest BCUT2D eigenvalue weighted by Gasteiger charge is 2.21. The lowest BCUT2D eigenvalue weighted by Crippen LogP contribution is -2.25. The van der Waals surface area contributed by atoms with Crippen molar-refractivity contribution in [1.29, 1.82) is 0 Å². The molecule has 1 saturated carbocycles. The molecule has 0 N–H and O–H groups in total. The SMILES string of the molecule is [N-]=[N+]=NCC1CCC(Oc2ccc(F)cc2)CC1. The predicted molar refractivity (Wildman–Crippen MR) is 66.8 cm³/mol. The Morgan fingerprint density at radius 2 is 1.89 bits per heavy atom. The smallest absolute Gasteiger partial charge is 0.123 e. The van der Waals surface area contributed by atoms with E-state index in [4.69, 9.17) is 10.3 Å². The Balaban J connectivity index is 1.79. The van der Waals surface area contributed by atoms with E-state index in [9.17, 15) is 4.39 Å². The number of benzene rings is 1. The first-order valence-corrected chi connectivity index (χ1v) is 6.21. The van der Waals surface area contributed by atoms with Crippen molar-refractivity contribution in [2.45, 2.75) is 31.8 Å². The molecule has 0 atom stereocenters. The van der Waals surface area contributed by atoms with Crippen LogP contribution in [0.15, 0.2) is 29.4 Å². The molecule has 0 amide bonds. The van der Waals surface area contributed by atoms with Gasteiger partial charge < -0.3 is 4.74 Å². The molecule has 0 aliphatic heterocycles. The zero-order valence-electron chi connectivity index (χ0n) is 10.1. The molecule has 1 aliphatic carbocycles. The van der Waals surface area contributed by atoms with Crippen LogP contribution < -0.4 is 4.74 Å². The molecule has 0 radical (unpaired) electrons. The Kier molecular flexibility index (Phi) is 4.42. The summed E-state index contributed by atoms with van der Waals surface area (Å²) in [7, 11) is 0. The highest BCUT2D eigenvalue weighted by Crippen LogP contribution is 2.27. The number of halogens is 1. The molecule has 2 rings (SSSR count). The predicted octanol–water partition coefficient (Wildman–Crippen LogP) is 4.07. The molecule has 0 spiro atoms. The highest BCUT2D eigenvalue weighted by molar-refractivity contribution is 5.22. The molecule has 0 unspecified atom stereocenters. The van der Waals surface area contributed by atoms with E-state index in [1.54, 1.807) is 12.1 Å². The van der Waals surface area contributed by atoms with Gasteiger partial charge in [0.05, 0.1) is 6.10 Å². The van der Waals surface area contributed by atoms with E-state index in [1.165, 1.54) is 12.1 Å². The van der Waals surface area contributed by atoms with Gasteiger partial charge in [0.2, 0.25) is 0 Å². The maximum absolute atomic E-state index is 12.7. The summed E-state index contributed by atoms with van der Waals surface area (Å²) in [6.45, 7) is 0.583. The van der Waals surface area contributed by atoms with Crippen molar-refractivity contribution >= 4 is 0 Å². The minimum Gasteiger partial charge on any atom is -0.490 e. The molecular weight excluding hydrogens is 233 g/mol. The molecular formula is C13H16FN3O. The molecule has 0 heterocycles. The van der Waals surface area contributed by atoms with Crippen molar-refractivity contribution in [1.82, 2.24) is 0 Å². The Hall–Kier alpha value is -1.74. The first-order chi connectivity index (χ1) is 8.78. The largest absolute Gasteiger partial charge is 0.490 e. The van der Waals surface area contributed by atoms with Crippen LogP contribution in [0.5, 0.6) is 5.75 Å². The summed E-state index contributed by atoms with van der Waals surface area (Å²) in [4.78, 5) is 2.78. The van der Waals surface area contributed by atoms with E-state index in [2.05, 4.69) is 10.0 Å². The minimum atomic E-state index is -0.250. The Morgan fingerprint density at radius 3 is 2.50 bits per heavy atom. The first-order valence-electron chi connectivity index (χ1n) is 6.21. The quantitative estimate of drug-likeness (QED) is 0.450. The number of nitrogens with zero attached hydrogens (tertiary/aromatic N) is 3. The zero-order valence-corrected chi connectivity index (χ0v) is 10.1. The van der Waals surface area contributed by atoms with Gasteiger partial charge in [0.1, 0.15) is 11.6 Å². The van der Waals surface area contributed by atoms with Crippen molar-refractivity contribution in [3.63, 3.8) is 0 Å². The van der Waals surface area contributed by atoms with Crippen molar-refractivity contribution in [2.24, 2.45) is 11.0 Å². The molecule has 1 aromatic carbocycles. The maximum atomic E-state index is 12.7. The van der Waals surface area contributed by atoms with Crippen LogP contribution in [0.2, 0.25) is 0 Å². The molecule has 0 saturated heterocycles. The van der Waals surface area contributed by atoms with Gasteiger partial charge in [-0.3, -0.25) is 0 Å². The van der Waals surface area contributed by atoms with Crippen molar-refractivity contribution in [3.05, 3.63) is 40.5 Å². The molecule has 1 aliphatic rings. The van der Waals surface area contributed by atoms with Crippen LogP contribution in [-0.2, 0) is 0 Å². The van der Waals surface area contributed by atoms with E-state index in [1.807, 2.05) is 0 Å². The summed E-state index contributed by atoms with van der Waals surface area (Å²) in [5.74, 6) is 0.948. The fourth-order valence-corrected chi connectivity index (χ4v) is 2.29. The number of hydrogen-bond donors (Lipinski definition) is 0. The molecule has 18 heavy (non-hydrogen) atoms. The molecule has 1 fully saturated rings. The monoisotopic (exact) mass is 249 g/mol. The van der Waals surface area contributed by atoms with Gasteiger partial charge in [-0.05, 0) is 61.4 Å². The zero-order chi connectivity index (χ0) is 12.8. The Bertz CT molecular complexity index is 420. The second kappa shape index (κ2) is 6.26. The summed E-state index contributed by atoms with van der Waals surface area (Å²) in [6, 6.07) is 6.12. The van der Waals surface area contributed by atoms with Crippen LogP contribution in [0.4, 0.5) is 4.39 Å². The summed E-state index contributed by atoms with van der Waals surface area (Å²) >= 11 is 0. The lowest BCUT2D eigenvalue weighted by molar-refractivity contribution is 0.133. The third kappa shape index (κ3) is 3.64. The van der Waals surface area contributed by atoms with Crippen LogP contribution in [0, 0.1) is 11.7 Å². The molecule has 0 aromatic heterocycles. The lowest BCUT2D eigenvalue weighted by atomic mass is 9.87. The first kappa shape index (κ1) is 12.7. The van der Waals surface area contributed by atoms with Crippen LogP contribution in [0.25, 0.3) is 10.4 Å². The van der Waals surface area contributed by atoms with E-state index >= 15 is 0 Å². The fraction of sp³-hybridized carbons (Fsp3) is 0.538. The summed E-state index contributed by atoms with van der Waals surface area (Å²) in [6.07, 6.45) is 4.15. The molecule has 0 bridgehead atoms. The number of hydrogen-bond acceptors (Lipinski definition) is 2. The van der Waals surface area contributed by atoms with Gasteiger partial charge in [-0.2, -0.15) is 0 Å². The Labute approximate surface area is 105 Å². The Morgan fingerprint density at radius 1 is 1.22 bits per heavy atom. The van der Waals surface area contributed by atoms with Gasteiger partial charge in [0.25, 0.3) is 0 Å². The van der Waals surface area contributed by atoms with Crippen molar-refractivity contribution in [2.75, 3.05) is 6.54 Å². The lowest BCUT2D eigenvalue weighted by Gasteiger charge is -2.28. The molecule has 1 aromatic rings. The molecule has 4 nitrogen and oxygen atoms in total.